The molecule has 0 radical (unpaired) electrons. The van der Waals surface area contributed by atoms with Crippen LogP contribution in [0.1, 0.15) is 25.0 Å². The quantitative estimate of drug-likeness (QED) is 0.373. The maximum absolute atomic E-state index is 10.7. The lowest BCUT2D eigenvalue weighted by molar-refractivity contribution is -0.131. The van der Waals surface area contributed by atoms with E-state index >= 15 is 0 Å². The number of nitrogens with one attached hydrogen (secondary N) is 1. The Morgan fingerprint density at radius 3 is 2.41 bits per heavy atom. The maximum Gasteiger partial charge on any atom is 0.328 e. The second-order valence-electron chi connectivity index (χ2n) is 6.00. The molecule has 0 aromatic heterocycles. The molecule has 0 unspecified atom stereocenters. The van der Waals surface area contributed by atoms with E-state index in [-0.39, 0.29) is 12.6 Å². The van der Waals surface area contributed by atoms with Gasteiger partial charge in [-0.1, -0.05) is 23.2 Å². The minimum Gasteiger partial charge on any atom is -0.486 e. The fourth-order valence-corrected chi connectivity index (χ4v) is 4.21. The second-order valence-corrected chi connectivity index (χ2v) is 8.52. The van der Waals surface area contributed by atoms with Crippen molar-refractivity contribution in [1.82, 2.24) is 0 Å². The van der Waals surface area contributed by atoms with Crippen LogP contribution in [0.2, 0.25) is 10.0 Å². The molecule has 0 saturated carbocycles. The van der Waals surface area contributed by atoms with Crippen molar-refractivity contribution in [3.63, 3.8) is 0 Å². The molecule has 2 aromatic rings. The Balaban J connectivity index is 2.24. The first kappa shape index (κ1) is 22.1. The zero-order valence-electron chi connectivity index (χ0n) is 14.5. The van der Waals surface area contributed by atoms with E-state index in [2.05, 4.69) is 37.2 Å². The molecule has 2 aromatic carbocycles. The Morgan fingerprint density at radius 1 is 1.22 bits per heavy atom. The summed E-state index contributed by atoms with van der Waals surface area (Å²) < 4.78 is 7.29. The van der Waals surface area contributed by atoms with Crippen molar-refractivity contribution in [1.29, 1.82) is 0 Å². The van der Waals surface area contributed by atoms with Gasteiger partial charge in [-0.2, -0.15) is 0 Å². The van der Waals surface area contributed by atoms with Gasteiger partial charge in [-0.05, 0) is 81.6 Å². The van der Waals surface area contributed by atoms with Crippen LogP contribution in [0.25, 0.3) is 6.08 Å². The Kier molecular flexibility index (Phi) is 8.04. The zero-order chi connectivity index (χ0) is 20.1. The highest BCUT2D eigenvalue weighted by Crippen LogP contribution is 2.37. The lowest BCUT2D eigenvalue weighted by Crippen LogP contribution is -2.11. The molecule has 0 amide bonds. The lowest BCUT2D eigenvalue weighted by atomic mass is 10.2. The number of benzene rings is 2. The Morgan fingerprint density at radius 2 is 1.85 bits per heavy atom. The average molecular weight is 538 g/mol. The highest BCUT2D eigenvalue weighted by Gasteiger charge is 2.13. The minimum absolute atomic E-state index is 0.212. The number of ether oxygens (including phenoxy) is 1. The molecule has 2 rings (SSSR count). The first-order valence-electron chi connectivity index (χ1n) is 7.94. The van der Waals surface area contributed by atoms with Crippen LogP contribution in [0.3, 0.4) is 0 Å². The summed E-state index contributed by atoms with van der Waals surface area (Å²) in [6.45, 7) is 4.25. The Hall–Kier alpha value is -1.21. The number of carboxylic acid groups (broad SMARTS) is 1. The second kappa shape index (κ2) is 9.82. The van der Waals surface area contributed by atoms with Gasteiger partial charge in [0.1, 0.15) is 12.4 Å². The molecule has 27 heavy (non-hydrogen) atoms. The molecular weight excluding hydrogens is 521 g/mol. The smallest absolute Gasteiger partial charge is 0.328 e. The molecule has 0 bridgehead atoms. The van der Waals surface area contributed by atoms with E-state index in [4.69, 9.17) is 33.0 Å². The molecule has 0 saturated heterocycles. The van der Waals surface area contributed by atoms with Gasteiger partial charge >= 0.3 is 5.97 Å². The van der Waals surface area contributed by atoms with Crippen molar-refractivity contribution in [2.75, 3.05) is 5.32 Å². The fourth-order valence-electron chi connectivity index (χ4n) is 2.30. The van der Waals surface area contributed by atoms with Crippen molar-refractivity contribution in [3.8, 4) is 5.75 Å². The number of carbonyl (C=O) groups is 1. The topological polar surface area (TPSA) is 58.6 Å². The van der Waals surface area contributed by atoms with Crippen molar-refractivity contribution >= 4 is 72.8 Å². The summed E-state index contributed by atoms with van der Waals surface area (Å²) >= 11 is 19.6. The predicted molar refractivity (Wildman–Crippen MR) is 118 cm³/mol. The third-order valence-electron chi connectivity index (χ3n) is 3.37. The highest BCUT2D eigenvalue weighted by atomic mass is 79.9. The maximum atomic E-state index is 10.7. The Labute approximate surface area is 184 Å². The van der Waals surface area contributed by atoms with Crippen LogP contribution in [0.4, 0.5) is 5.69 Å². The van der Waals surface area contributed by atoms with E-state index in [0.29, 0.717) is 30.3 Å². The zero-order valence-corrected chi connectivity index (χ0v) is 19.2. The summed E-state index contributed by atoms with van der Waals surface area (Å²) in [4.78, 5) is 10.7. The number of aliphatic carboxylic acids is 1. The molecule has 0 atom stereocenters. The van der Waals surface area contributed by atoms with E-state index in [0.717, 1.165) is 17.3 Å². The van der Waals surface area contributed by atoms with Gasteiger partial charge in [0.25, 0.3) is 0 Å². The minimum atomic E-state index is -1.01. The largest absolute Gasteiger partial charge is 0.486 e. The Bertz CT molecular complexity index is 862. The SMILES string of the molecule is CC(C)Nc1cc(Cl)cc(COc2c(Br)cc(C=CC(=O)O)cc2Br)c1Cl. The van der Waals surface area contributed by atoms with Gasteiger partial charge in [0, 0.05) is 22.7 Å². The van der Waals surface area contributed by atoms with Gasteiger partial charge in [-0.15, -0.1) is 0 Å². The summed E-state index contributed by atoms with van der Waals surface area (Å²) in [7, 11) is 0. The number of halogens is 4. The van der Waals surface area contributed by atoms with Gasteiger partial charge < -0.3 is 15.2 Å². The first-order chi connectivity index (χ1) is 12.7. The molecule has 0 aliphatic carbocycles. The molecule has 0 heterocycles. The molecular formula is C19H17Br2Cl2NO3. The number of hydrogen-bond donors (Lipinski definition) is 2. The third-order valence-corrected chi connectivity index (χ3v) is 5.21. The third kappa shape index (κ3) is 6.42. The summed E-state index contributed by atoms with van der Waals surface area (Å²) in [5, 5.41) is 13.1. The monoisotopic (exact) mass is 535 g/mol. The van der Waals surface area contributed by atoms with Gasteiger partial charge in [0.05, 0.1) is 19.7 Å². The molecule has 144 valence electrons. The van der Waals surface area contributed by atoms with Crippen LogP contribution >= 0.6 is 55.1 Å². The van der Waals surface area contributed by atoms with Crippen molar-refractivity contribution in [2.45, 2.75) is 26.5 Å². The number of anilines is 1. The standard InChI is InChI=1S/C19H17Br2Cl2NO3/c1-10(2)24-16-8-13(22)7-12(18(16)23)9-27-19-14(20)5-11(6-15(19)21)3-4-17(25)26/h3-8,10,24H,9H2,1-2H3,(H,25,26). The normalized spacial score (nSPS) is 11.2. The van der Waals surface area contributed by atoms with E-state index in [9.17, 15) is 4.79 Å². The van der Waals surface area contributed by atoms with Crippen LogP contribution in [0.15, 0.2) is 39.3 Å². The first-order valence-corrected chi connectivity index (χ1v) is 10.3. The number of hydrogen-bond acceptors (Lipinski definition) is 3. The van der Waals surface area contributed by atoms with Crippen LogP contribution in [-0.2, 0) is 11.4 Å². The average Bonchev–Trinajstić information content (AvgIpc) is 2.55. The molecule has 2 N–H and O–H groups in total. The van der Waals surface area contributed by atoms with E-state index in [1.165, 1.54) is 6.08 Å². The van der Waals surface area contributed by atoms with Crippen LogP contribution in [-0.4, -0.2) is 17.1 Å². The van der Waals surface area contributed by atoms with E-state index in [1.54, 1.807) is 24.3 Å². The summed E-state index contributed by atoms with van der Waals surface area (Å²) in [6.07, 6.45) is 2.57. The molecule has 0 fully saturated rings. The molecule has 4 nitrogen and oxygen atoms in total. The molecule has 0 spiro atoms. The van der Waals surface area contributed by atoms with Gasteiger partial charge in [-0.3, -0.25) is 0 Å². The lowest BCUT2D eigenvalue weighted by Gasteiger charge is -2.16. The summed E-state index contributed by atoms with van der Waals surface area (Å²) in [5.74, 6) is -0.430. The van der Waals surface area contributed by atoms with E-state index < -0.39 is 5.97 Å². The highest BCUT2D eigenvalue weighted by molar-refractivity contribution is 9.11. The van der Waals surface area contributed by atoms with Gasteiger partial charge in [-0.25, -0.2) is 4.79 Å². The summed E-state index contributed by atoms with van der Waals surface area (Å²) in [5.41, 5.74) is 2.22. The van der Waals surface area contributed by atoms with Crippen molar-refractivity contribution in [3.05, 3.63) is 60.5 Å². The van der Waals surface area contributed by atoms with Crippen LogP contribution < -0.4 is 10.1 Å². The predicted octanol–water partition coefficient (Wildman–Crippen LogP) is 7.02. The summed E-state index contributed by atoms with van der Waals surface area (Å²) in [6, 6.07) is 7.30. The number of rotatable bonds is 7. The van der Waals surface area contributed by atoms with Gasteiger partial charge in [0.2, 0.25) is 0 Å². The van der Waals surface area contributed by atoms with Crippen molar-refractivity contribution in [2.24, 2.45) is 0 Å². The number of carboxylic acids is 1. The fraction of sp³-hybridized carbons (Fsp3) is 0.211. The van der Waals surface area contributed by atoms with E-state index in [1.807, 2.05) is 13.8 Å². The van der Waals surface area contributed by atoms with Gasteiger partial charge in [0.15, 0.2) is 0 Å². The molecule has 0 aliphatic rings. The van der Waals surface area contributed by atoms with Crippen LogP contribution in [0, 0.1) is 0 Å². The molecule has 0 aliphatic heterocycles. The molecule has 8 heteroatoms. The van der Waals surface area contributed by atoms with Crippen molar-refractivity contribution < 1.29 is 14.6 Å². The van der Waals surface area contributed by atoms with Crippen LogP contribution in [0.5, 0.6) is 5.75 Å².